The molecule has 4 nitrogen and oxygen atoms in total. The number of carbonyl (C=O) groups is 1. The maximum absolute atomic E-state index is 13.1. The van der Waals surface area contributed by atoms with Gasteiger partial charge in [-0.15, -0.1) is 0 Å². The molecule has 3 N–H and O–H groups in total. The van der Waals surface area contributed by atoms with Crippen molar-refractivity contribution in [2.45, 2.75) is 26.7 Å². The molecule has 0 aliphatic carbocycles. The third-order valence-electron chi connectivity index (χ3n) is 2.74. The second-order valence-corrected chi connectivity index (χ2v) is 4.56. The molecule has 0 fully saturated rings. The highest BCUT2D eigenvalue weighted by Crippen LogP contribution is 2.19. The molecule has 0 unspecified atom stereocenters. The van der Waals surface area contributed by atoms with E-state index in [0.29, 0.717) is 17.9 Å². The van der Waals surface area contributed by atoms with E-state index in [-0.39, 0.29) is 5.91 Å². The van der Waals surface area contributed by atoms with Gasteiger partial charge < -0.3 is 11.1 Å². The Morgan fingerprint density at radius 1 is 1.32 bits per heavy atom. The lowest BCUT2D eigenvalue weighted by molar-refractivity contribution is -0.117. The molecule has 0 saturated carbocycles. The minimum Gasteiger partial charge on any atom is -0.397 e. The van der Waals surface area contributed by atoms with E-state index < -0.39 is 5.82 Å². The van der Waals surface area contributed by atoms with Crippen LogP contribution >= 0.6 is 0 Å². The molecule has 0 radical (unpaired) electrons. The van der Waals surface area contributed by atoms with Crippen molar-refractivity contribution in [3.05, 3.63) is 24.0 Å². The van der Waals surface area contributed by atoms with Crippen molar-refractivity contribution in [1.29, 1.82) is 0 Å². The average molecular weight is 267 g/mol. The molecule has 1 rings (SSSR count). The predicted octanol–water partition coefficient (Wildman–Crippen LogP) is 2.47. The SMILES string of the molecule is CCCN(CCC)CC(=O)Nc1cc(F)ccc1N. The molecule has 0 heterocycles. The van der Waals surface area contributed by atoms with Crippen LogP contribution in [0.2, 0.25) is 0 Å². The Balaban J connectivity index is 2.60. The highest BCUT2D eigenvalue weighted by atomic mass is 19.1. The molecular weight excluding hydrogens is 245 g/mol. The zero-order valence-electron chi connectivity index (χ0n) is 11.6. The van der Waals surface area contributed by atoms with Gasteiger partial charge >= 0.3 is 0 Å². The van der Waals surface area contributed by atoms with Crippen LogP contribution in [0.3, 0.4) is 0 Å². The highest BCUT2D eigenvalue weighted by molar-refractivity contribution is 5.95. The topological polar surface area (TPSA) is 58.4 Å². The zero-order chi connectivity index (χ0) is 14.3. The average Bonchev–Trinajstić information content (AvgIpc) is 2.34. The van der Waals surface area contributed by atoms with Crippen LogP contribution in [-0.2, 0) is 4.79 Å². The Labute approximate surface area is 113 Å². The molecule has 0 atom stereocenters. The fourth-order valence-corrected chi connectivity index (χ4v) is 1.93. The van der Waals surface area contributed by atoms with Gasteiger partial charge in [-0.05, 0) is 44.1 Å². The van der Waals surface area contributed by atoms with Crippen molar-refractivity contribution in [2.75, 3.05) is 30.7 Å². The quantitative estimate of drug-likeness (QED) is 0.746. The molecule has 106 valence electrons. The summed E-state index contributed by atoms with van der Waals surface area (Å²) in [6.07, 6.45) is 1.99. The zero-order valence-corrected chi connectivity index (χ0v) is 11.6. The van der Waals surface area contributed by atoms with E-state index in [2.05, 4.69) is 24.1 Å². The van der Waals surface area contributed by atoms with E-state index in [1.54, 1.807) is 0 Å². The molecule has 1 aromatic rings. The van der Waals surface area contributed by atoms with E-state index in [9.17, 15) is 9.18 Å². The maximum atomic E-state index is 13.1. The second kappa shape index (κ2) is 7.74. The molecule has 1 amide bonds. The van der Waals surface area contributed by atoms with Crippen molar-refractivity contribution in [1.82, 2.24) is 4.90 Å². The first kappa shape index (κ1) is 15.4. The third-order valence-corrected chi connectivity index (χ3v) is 2.74. The molecule has 19 heavy (non-hydrogen) atoms. The molecule has 0 aliphatic heterocycles. The van der Waals surface area contributed by atoms with E-state index >= 15 is 0 Å². The lowest BCUT2D eigenvalue weighted by Crippen LogP contribution is -2.34. The van der Waals surface area contributed by atoms with Crippen LogP contribution in [0, 0.1) is 5.82 Å². The number of nitrogens with one attached hydrogen (secondary N) is 1. The number of amides is 1. The number of carbonyl (C=O) groups excluding carboxylic acids is 1. The summed E-state index contributed by atoms with van der Waals surface area (Å²) >= 11 is 0. The Bertz CT molecular complexity index is 417. The fourth-order valence-electron chi connectivity index (χ4n) is 1.93. The largest absolute Gasteiger partial charge is 0.397 e. The molecule has 1 aromatic carbocycles. The molecular formula is C14H22FN3O. The van der Waals surface area contributed by atoms with Gasteiger partial charge in [0.05, 0.1) is 17.9 Å². The smallest absolute Gasteiger partial charge is 0.238 e. The standard InChI is InChI=1S/C14H22FN3O/c1-3-7-18(8-4-2)10-14(19)17-13-9-11(15)5-6-12(13)16/h5-6,9H,3-4,7-8,10,16H2,1-2H3,(H,17,19). The number of nitrogen functional groups attached to an aromatic ring is 1. The first-order valence-corrected chi connectivity index (χ1v) is 6.64. The Kier molecular flexibility index (Phi) is 6.29. The molecule has 5 heteroatoms. The Morgan fingerprint density at radius 3 is 2.53 bits per heavy atom. The van der Waals surface area contributed by atoms with Gasteiger partial charge in [0.2, 0.25) is 5.91 Å². The van der Waals surface area contributed by atoms with Crippen molar-refractivity contribution in [2.24, 2.45) is 0 Å². The maximum Gasteiger partial charge on any atom is 0.238 e. The van der Waals surface area contributed by atoms with Gasteiger partial charge in [0.15, 0.2) is 0 Å². The first-order valence-electron chi connectivity index (χ1n) is 6.64. The molecule has 0 bridgehead atoms. The van der Waals surface area contributed by atoms with Gasteiger partial charge in [-0.25, -0.2) is 4.39 Å². The number of benzene rings is 1. The van der Waals surface area contributed by atoms with Gasteiger partial charge in [0.1, 0.15) is 5.82 Å². The third kappa shape index (κ3) is 5.26. The number of hydrogen-bond acceptors (Lipinski definition) is 3. The second-order valence-electron chi connectivity index (χ2n) is 4.56. The van der Waals surface area contributed by atoms with Crippen LogP contribution in [0.5, 0.6) is 0 Å². The Hall–Kier alpha value is -1.62. The van der Waals surface area contributed by atoms with Crippen molar-refractivity contribution in [3.8, 4) is 0 Å². The van der Waals surface area contributed by atoms with Crippen LogP contribution < -0.4 is 11.1 Å². The van der Waals surface area contributed by atoms with Gasteiger partial charge in [-0.3, -0.25) is 9.69 Å². The summed E-state index contributed by atoms with van der Waals surface area (Å²) in [6.45, 7) is 6.20. The summed E-state index contributed by atoms with van der Waals surface area (Å²) in [4.78, 5) is 14.0. The monoisotopic (exact) mass is 267 g/mol. The van der Waals surface area contributed by atoms with Crippen molar-refractivity contribution >= 4 is 17.3 Å². The number of nitrogens with zero attached hydrogens (tertiary/aromatic N) is 1. The number of rotatable bonds is 7. The van der Waals surface area contributed by atoms with E-state index in [1.165, 1.54) is 18.2 Å². The van der Waals surface area contributed by atoms with Crippen LogP contribution in [0.4, 0.5) is 15.8 Å². The number of anilines is 2. The minimum absolute atomic E-state index is 0.167. The summed E-state index contributed by atoms with van der Waals surface area (Å²) in [5.41, 5.74) is 6.39. The van der Waals surface area contributed by atoms with Gasteiger partial charge in [0.25, 0.3) is 0 Å². The van der Waals surface area contributed by atoms with Gasteiger partial charge in [0, 0.05) is 0 Å². The van der Waals surface area contributed by atoms with Crippen LogP contribution in [-0.4, -0.2) is 30.4 Å². The van der Waals surface area contributed by atoms with Crippen LogP contribution in [0.1, 0.15) is 26.7 Å². The normalized spacial score (nSPS) is 10.7. The van der Waals surface area contributed by atoms with Gasteiger partial charge in [-0.2, -0.15) is 0 Å². The molecule has 0 aromatic heterocycles. The molecule has 0 aliphatic rings. The molecule has 0 spiro atoms. The summed E-state index contributed by atoms with van der Waals surface area (Å²) < 4.78 is 13.1. The lowest BCUT2D eigenvalue weighted by Gasteiger charge is -2.20. The van der Waals surface area contributed by atoms with E-state index in [0.717, 1.165) is 25.9 Å². The summed E-state index contributed by atoms with van der Waals surface area (Å²) in [7, 11) is 0. The van der Waals surface area contributed by atoms with Gasteiger partial charge in [-0.1, -0.05) is 13.8 Å². The summed E-state index contributed by atoms with van der Waals surface area (Å²) in [5, 5.41) is 2.65. The van der Waals surface area contributed by atoms with Crippen LogP contribution in [0.15, 0.2) is 18.2 Å². The minimum atomic E-state index is -0.413. The van der Waals surface area contributed by atoms with Crippen molar-refractivity contribution < 1.29 is 9.18 Å². The molecule has 0 saturated heterocycles. The highest BCUT2D eigenvalue weighted by Gasteiger charge is 2.11. The van der Waals surface area contributed by atoms with Crippen LogP contribution in [0.25, 0.3) is 0 Å². The Morgan fingerprint density at radius 2 is 1.95 bits per heavy atom. The first-order chi connectivity index (χ1) is 9.06. The lowest BCUT2D eigenvalue weighted by atomic mass is 10.2. The van der Waals surface area contributed by atoms with Crippen molar-refractivity contribution in [3.63, 3.8) is 0 Å². The number of hydrogen-bond donors (Lipinski definition) is 2. The summed E-state index contributed by atoms with van der Waals surface area (Å²) in [5.74, 6) is -0.581. The summed E-state index contributed by atoms with van der Waals surface area (Å²) in [6, 6.07) is 3.95. The number of halogens is 1. The van der Waals surface area contributed by atoms with E-state index in [1.807, 2.05) is 0 Å². The predicted molar refractivity (Wildman–Crippen MR) is 76.5 cm³/mol. The number of nitrogens with two attached hydrogens (primary N) is 1. The fraction of sp³-hybridized carbons (Fsp3) is 0.500. The van der Waals surface area contributed by atoms with E-state index in [4.69, 9.17) is 5.73 Å².